The minimum absolute atomic E-state index is 0.130. The average Bonchev–Trinajstić information content (AvgIpc) is 3.15. The van der Waals surface area contributed by atoms with Crippen LogP contribution >= 0.6 is 0 Å². The standard InChI is InChI=1S/C35H46O/c1-7-11-14-27(10-4)24-36-34-22-25(5)31(21-26(34)6)28-17-18-30-29-15-12-13-16-32(29)35(19-8-2,20-9-3)33(30)23-28/h12-13,15-18,21-23,27H,7-11,14,19-20,24H2,1-6H3. The Balaban J connectivity index is 1.69. The summed E-state index contributed by atoms with van der Waals surface area (Å²) in [4.78, 5) is 0. The number of aryl methyl sites for hydroxylation is 2. The highest BCUT2D eigenvalue weighted by atomic mass is 16.5. The van der Waals surface area contributed by atoms with Gasteiger partial charge in [0.1, 0.15) is 5.75 Å². The van der Waals surface area contributed by atoms with Gasteiger partial charge >= 0.3 is 0 Å². The SMILES string of the molecule is CCCCC(CC)COc1cc(C)c(-c2ccc3c(c2)C(CCC)(CCC)c2ccccc2-3)cc1C. The summed E-state index contributed by atoms with van der Waals surface area (Å²) in [6.45, 7) is 14.5. The number of rotatable bonds is 12. The molecule has 1 nitrogen and oxygen atoms in total. The molecule has 3 aromatic rings. The second-order valence-corrected chi connectivity index (χ2v) is 11.0. The zero-order valence-corrected chi connectivity index (χ0v) is 23.5. The summed E-state index contributed by atoms with van der Waals surface area (Å²) < 4.78 is 6.37. The van der Waals surface area contributed by atoms with Gasteiger partial charge in [0.05, 0.1) is 6.61 Å². The van der Waals surface area contributed by atoms with E-state index in [0.717, 1.165) is 12.4 Å². The minimum atomic E-state index is 0.130. The summed E-state index contributed by atoms with van der Waals surface area (Å²) in [6.07, 6.45) is 9.79. The lowest BCUT2D eigenvalue weighted by Gasteiger charge is -2.32. The maximum Gasteiger partial charge on any atom is 0.122 e. The van der Waals surface area contributed by atoms with Crippen molar-refractivity contribution in [1.29, 1.82) is 0 Å². The molecule has 0 spiro atoms. The van der Waals surface area contributed by atoms with Gasteiger partial charge in [-0.3, -0.25) is 0 Å². The second kappa shape index (κ2) is 11.7. The average molecular weight is 483 g/mol. The Bertz CT molecular complexity index is 1170. The van der Waals surface area contributed by atoms with Gasteiger partial charge in [0, 0.05) is 5.41 Å². The van der Waals surface area contributed by atoms with Crippen LogP contribution < -0.4 is 4.74 Å². The molecule has 0 aromatic heterocycles. The van der Waals surface area contributed by atoms with E-state index < -0.39 is 0 Å². The molecule has 1 aliphatic rings. The van der Waals surface area contributed by atoms with Gasteiger partial charge in [-0.15, -0.1) is 0 Å². The molecule has 0 saturated heterocycles. The predicted octanol–water partition coefficient (Wildman–Crippen LogP) is 10.4. The van der Waals surface area contributed by atoms with Gasteiger partial charge in [-0.25, -0.2) is 0 Å². The van der Waals surface area contributed by atoms with E-state index in [-0.39, 0.29) is 5.41 Å². The number of hydrogen-bond acceptors (Lipinski definition) is 1. The molecule has 0 saturated carbocycles. The van der Waals surface area contributed by atoms with Crippen LogP contribution in [0.3, 0.4) is 0 Å². The van der Waals surface area contributed by atoms with Crippen molar-refractivity contribution in [2.45, 2.75) is 98.3 Å². The number of fused-ring (bicyclic) bond motifs is 3. The van der Waals surface area contributed by atoms with Crippen LogP contribution in [0.2, 0.25) is 0 Å². The van der Waals surface area contributed by atoms with Crippen LogP contribution in [0.25, 0.3) is 22.3 Å². The van der Waals surface area contributed by atoms with Crippen molar-refractivity contribution in [2.75, 3.05) is 6.61 Å². The summed E-state index contributed by atoms with van der Waals surface area (Å²) in [7, 11) is 0. The van der Waals surface area contributed by atoms with E-state index in [0.29, 0.717) is 5.92 Å². The van der Waals surface area contributed by atoms with Crippen LogP contribution in [-0.4, -0.2) is 6.61 Å². The van der Waals surface area contributed by atoms with Crippen LogP contribution in [0.15, 0.2) is 54.6 Å². The Labute approximate surface area is 220 Å². The molecular weight excluding hydrogens is 436 g/mol. The van der Waals surface area contributed by atoms with E-state index in [2.05, 4.69) is 96.1 Å². The smallest absolute Gasteiger partial charge is 0.122 e. The minimum Gasteiger partial charge on any atom is -0.493 e. The third-order valence-corrected chi connectivity index (χ3v) is 8.47. The Morgan fingerprint density at radius 3 is 2.14 bits per heavy atom. The molecule has 36 heavy (non-hydrogen) atoms. The quantitative estimate of drug-likeness (QED) is 0.249. The van der Waals surface area contributed by atoms with E-state index in [4.69, 9.17) is 4.74 Å². The molecule has 0 bridgehead atoms. The first kappa shape index (κ1) is 26.5. The first-order chi connectivity index (χ1) is 17.5. The maximum atomic E-state index is 6.37. The third-order valence-electron chi connectivity index (χ3n) is 8.47. The Hall–Kier alpha value is -2.54. The third kappa shape index (κ3) is 4.99. The fourth-order valence-corrected chi connectivity index (χ4v) is 6.50. The van der Waals surface area contributed by atoms with Crippen LogP contribution in [0.1, 0.15) is 101 Å². The molecule has 1 heteroatoms. The van der Waals surface area contributed by atoms with E-state index in [1.165, 1.54) is 95.9 Å². The van der Waals surface area contributed by atoms with Crippen molar-refractivity contribution in [3.8, 4) is 28.0 Å². The predicted molar refractivity (Wildman–Crippen MR) is 156 cm³/mol. The van der Waals surface area contributed by atoms with Gasteiger partial charge in [-0.1, -0.05) is 96.2 Å². The number of ether oxygens (including phenoxy) is 1. The fraction of sp³-hybridized carbons (Fsp3) is 0.486. The van der Waals surface area contributed by atoms with Crippen molar-refractivity contribution < 1.29 is 4.74 Å². The fourth-order valence-electron chi connectivity index (χ4n) is 6.50. The van der Waals surface area contributed by atoms with Gasteiger partial charge < -0.3 is 4.74 Å². The van der Waals surface area contributed by atoms with Gasteiger partial charge in [0.2, 0.25) is 0 Å². The molecule has 192 valence electrons. The molecule has 0 heterocycles. The molecule has 1 aliphatic carbocycles. The summed E-state index contributed by atoms with van der Waals surface area (Å²) in [6, 6.07) is 21.0. The van der Waals surface area contributed by atoms with Gasteiger partial charge in [0.25, 0.3) is 0 Å². The molecule has 0 fully saturated rings. The molecule has 0 radical (unpaired) electrons. The van der Waals surface area contributed by atoms with E-state index in [1.807, 2.05) is 0 Å². The molecule has 1 atom stereocenters. The number of benzene rings is 3. The maximum absolute atomic E-state index is 6.37. The Morgan fingerprint density at radius 2 is 1.44 bits per heavy atom. The van der Waals surface area contributed by atoms with Crippen LogP contribution in [0, 0.1) is 19.8 Å². The summed E-state index contributed by atoms with van der Waals surface area (Å²) in [5, 5.41) is 0. The molecule has 0 N–H and O–H groups in total. The molecule has 0 amide bonds. The molecular formula is C35H46O. The zero-order chi connectivity index (χ0) is 25.7. The molecule has 1 unspecified atom stereocenters. The van der Waals surface area contributed by atoms with Crippen molar-refractivity contribution in [1.82, 2.24) is 0 Å². The van der Waals surface area contributed by atoms with E-state index in [9.17, 15) is 0 Å². The summed E-state index contributed by atoms with van der Waals surface area (Å²) in [5.74, 6) is 1.69. The zero-order valence-electron chi connectivity index (χ0n) is 23.5. The van der Waals surface area contributed by atoms with Gasteiger partial charge in [-0.05, 0) is 102 Å². The lowest BCUT2D eigenvalue weighted by molar-refractivity contribution is 0.232. The molecule has 4 rings (SSSR count). The number of unbranched alkanes of at least 4 members (excludes halogenated alkanes) is 1. The first-order valence-corrected chi connectivity index (χ1v) is 14.5. The van der Waals surface area contributed by atoms with Crippen molar-refractivity contribution in [3.05, 3.63) is 76.9 Å². The van der Waals surface area contributed by atoms with E-state index in [1.54, 1.807) is 0 Å². The highest BCUT2D eigenvalue weighted by molar-refractivity contribution is 5.84. The summed E-state index contributed by atoms with van der Waals surface area (Å²) in [5.41, 5.74) is 11.3. The topological polar surface area (TPSA) is 9.23 Å². The number of hydrogen-bond donors (Lipinski definition) is 0. The van der Waals surface area contributed by atoms with Crippen molar-refractivity contribution in [2.24, 2.45) is 5.92 Å². The second-order valence-electron chi connectivity index (χ2n) is 11.0. The Morgan fingerprint density at radius 1 is 0.722 bits per heavy atom. The molecule has 0 aliphatic heterocycles. The lowest BCUT2D eigenvalue weighted by Crippen LogP contribution is -2.25. The molecule has 3 aromatic carbocycles. The summed E-state index contributed by atoms with van der Waals surface area (Å²) >= 11 is 0. The van der Waals surface area contributed by atoms with Crippen LogP contribution in [-0.2, 0) is 5.41 Å². The van der Waals surface area contributed by atoms with Crippen LogP contribution in [0.5, 0.6) is 5.75 Å². The lowest BCUT2D eigenvalue weighted by atomic mass is 9.71. The Kier molecular flexibility index (Phi) is 8.60. The highest BCUT2D eigenvalue weighted by Crippen LogP contribution is 2.54. The first-order valence-electron chi connectivity index (χ1n) is 14.5. The highest BCUT2D eigenvalue weighted by Gasteiger charge is 2.41. The largest absolute Gasteiger partial charge is 0.493 e. The monoisotopic (exact) mass is 482 g/mol. The normalized spacial score (nSPS) is 14.4. The van der Waals surface area contributed by atoms with Crippen molar-refractivity contribution >= 4 is 0 Å². The van der Waals surface area contributed by atoms with Gasteiger partial charge in [0.15, 0.2) is 0 Å². The van der Waals surface area contributed by atoms with Gasteiger partial charge in [-0.2, -0.15) is 0 Å². The van der Waals surface area contributed by atoms with E-state index >= 15 is 0 Å². The van der Waals surface area contributed by atoms with Crippen molar-refractivity contribution in [3.63, 3.8) is 0 Å². The van der Waals surface area contributed by atoms with Crippen LogP contribution in [0.4, 0.5) is 0 Å².